The fourth-order valence-electron chi connectivity index (χ4n) is 1.97. The number of nitrogens with one attached hydrogen (secondary N) is 1. The van der Waals surface area contributed by atoms with E-state index < -0.39 is 5.97 Å². The van der Waals surface area contributed by atoms with Crippen LogP contribution in [-0.2, 0) is 22.4 Å². The second-order valence-electron chi connectivity index (χ2n) is 3.73. The third-order valence-electron chi connectivity index (χ3n) is 2.69. The standard InChI is InChI=1S/C11H12ClNO3S/c1-16-11(15)9-6-3-2-4-7(6)17-10(9)13-8(14)5-12/h2-5H2,1H3,(H,13,14). The van der Waals surface area contributed by atoms with Gasteiger partial charge in [-0.25, -0.2) is 4.79 Å². The predicted molar refractivity (Wildman–Crippen MR) is 67.0 cm³/mol. The Bertz CT molecular complexity index is 470. The normalized spacial score (nSPS) is 13.3. The molecule has 0 fully saturated rings. The van der Waals surface area contributed by atoms with E-state index in [-0.39, 0.29) is 11.8 Å². The van der Waals surface area contributed by atoms with Gasteiger partial charge in [0.15, 0.2) is 0 Å². The average molecular weight is 274 g/mol. The van der Waals surface area contributed by atoms with Crippen molar-refractivity contribution in [1.29, 1.82) is 0 Å². The van der Waals surface area contributed by atoms with Crippen molar-refractivity contribution in [2.24, 2.45) is 0 Å². The minimum absolute atomic E-state index is 0.122. The van der Waals surface area contributed by atoms with Gasteiger partial charge >= 0.3 is 5.97 Å². The lowest BCUT2D eigenvalue weighted by molar-refractivity contribution is -0.113. The number of carbonyl (C=O) groups is 2. The van der Waals surface area contributed by atoms with Crippen LogP contribution in [0.25, 0.3) is 0 Å². The molecule has 2 rings (SSSR count). The van der Waals surface area contributed by atoms with E-state index in [1.807, 2.05) is 0 Å². The lowest BCUT2D eigenvalue weighted by atomic mass is 10.1. The number of hydrogen-bond acceptors (Lipinski definition) is 4. The molecule has 0 radical (unpaired) electrons. The first-order valence-electron chi connectivity index (χ1n) is 5.26. The van der Waals surface area contributed by atoms with Crippen LogP contribution in [0.4, 0.5) is 5.00 Å². The number of methoxy groups -OCH3 is 1. The van der Waals surface area contributed by atoms with E-state index in [4.69, 9.17) is 16.3 Å². The number of halogens is 1. The Morgan fingerprint density at radius 2 is 2.24 bits per heavy atom. The van der Waals surface area contributed by atoms with Crippen LogP contribution in [0.15, 0.2) is 0 Å². The molecule has 0 atom stereocenters. The highest BCUT2D eigenvalue weighted by atomic mass is 35.5. The van der Waals surface area contributed by atoms with Gasteiger partial charge in [-0.2, -0.15) is 0 Å². The summed E-state index contributed by atoms with van der Waals surface area (Å²) in [5, 5.41) is 3.21. The number of rotatable bonds is 3. The van der Waals surface area contributed by atoms with Gasteiger partial charge in [-0.1, -0.05) is 0 Å². The number of thiophene rings is 1. The lowest BCUT2D eigenvalue weighted by Gasteiger charge is -2.05. The Kier molecular flexibility index (Phi) is 3.69. The summed E-state index contributed by atoms with van der Waals surface area (Å²) in [6, 6.07) is 0. The fourth-order valence-corrected chi connectivity index (χ4v) is 3.33. The number of fused-ring (bicyclic) bond motifs is 1. The number of alkyl halides is 1. The predicted octanol–water partition coefficient (Wildman–Crippen LogP) is 2.20. The van der Waals surface area contributed by atoms with Gasteiger partial charge in [-0.15, -0.1) is 22.9 Å². The molecular formula is C11H12ClNO3S. The summed E-state index contributed by atoms with van der Waals surface area (Å²) in [4.78, 5) is 24.2. The molecule has 1 heterocycles. The van der Waals surface area contributed by atoms with Gasteiger partial charge in [-0.3, -0.25) is 4.79 Å². The molecule has 4 nitrogen and oxygen atoms in total. The number of amides is 1. The maximum atomic E-state index is 11.7. The monoisotopic (exact) mass is 273 g/mol. The zero-order valence-corrected chi connectivity index (χ0v) is 10.9. The molecule has 17 heavy (non-hydrogen) atoms. The van der Waals surface area contributed by atoms with Crippen molar-refractivity contribution in [3.8, 4) is 0 Å². The van der Waals surface area contributed by atoms with Crippen LogP contribution in [-0.4, -0.2) is 24.9 Å². The molecule has 1 aromatic heterocycles. The zero-order valence-electron chi connectivity index (χ0n) is 9.34. The van der Waals surface area contributed by atoms with E-state index in [1.165, 1.54) is 18.4 Å². The Labute approximate surface area is 108 Å². The maximum Gasteiger partial charge on any atom is 0.341 e. The minimum atomic E-state index is -0.394. The van der Waals surface area contributed by atoms with E-state index in [0.717, 1.165) is 29.7 Å². The highest BCUT2D eigenvalue weighted by Gasteiger charge is 2.27. The van der Waals surface area contributed by atoms with Gasteiger partial charge in [0.25, 0.3) is 0 Å². The summed E-state index contributed by atoms with van der Waals surface area (Å²) in [5.74, 6) is -0.825. The van der Waals surface area contributed by atoms with Crippen molar-refractivity contribution in [3.05, 3.63) is 16.0 Å². The molecule has 1 amide bonds. The van der Waals surface area contributed by atoms with E-state index in [2.05, 4.69) is 5.32 Å². The Hall–Kier alpha value is -1.07. The molecule has 6 heteroatoms. The Balaban J connectivity index is 2.38. The molecule has 0 saturated carbocycles. The molecule has 1 N–H and O–H groups in total. The molecule has 0 aliphatic heterocycles. The van der Waals surface area contributed by atoms with Crippen LogP contribution in [0.5, 0.6) is 0 Å². The third-order valence-corrected chi connectivity index (χ3v) is 4.14. The van der Waals surface area contributed by atoms with Crippen LogP contribution in [0.1, 0.15) is 27.2 Å². The second kappa shape index (κ2) is 5.06. The first kappa shape index (κ1) is 12.4. The van der Waals surface area contributed by atoms with Crippen LogP contribution < -0.4 is 5.32 Å². The van der Waals surface area contributed by atoms with Gasteiger partial charge in [0.1, 0.15) is 10.9 Å². The maximum absolute atomic E-state index is 11.7. The molecule has 0 aromatic carbocycles. The summed E-state index contributed by atoms with van der Waals surface area (Å²) in [5.41, 5.74) is 1.52. The Morgan fingerprint density at radius 3 is 2.88 bits per heavy atom. The third kappa shape index (κ3) is 2.30. The van der Waals surface area contributed by atoms with E-state index in [9.17, 15) is 9.59 Å². The quantitative estimate of drug-likeness (QED) is 0.678. The van der Waals surface area contributed by atoms with Crippen molar-refractivity contribution in [2.45, 2.75) is 19.3 Å². The topological polar surface area (TPSA) is 55.4 Å². The number of esters is 1. The molecular weight excluding hydrogens is 262 g/mol. The van der Waals surface area contributed by atoms with Crippen molar-refractivity contribution in [2.75, 3.05) is 18.3 Å². The number of hydrogen-bond donors (Lipinski definition) is 1. The molecule has 0 bridgehead atoms. The molecule has 0 spiro atoms. The van der Waals surface area contributed by atoms with E-state index >= 15 is 0 Å². The molecule has 0 unspecified atom stereocenters. The second-order valence-corrected chi connectivity index (χ2v) is 5.11. The largest absolute Gasteiger partial charge is 0.465 e. The molecule has 1 aliphatic carbocycles. The molecule has 0 saturated heterocycles. The zero-order chi connectivity index (χ0) is 12.4. The summed E-state index contributed by atoms with van der Waals surface area (Å²) in [6.07, 6.45) is 2.88. The fraction of sp³-hybridized carbons (Fsp3) is 0.455. The van der Waals surface area contributed by atoms with Crippen LogP contribution in [0, 0.1) is 0 Å². The Morgan fingerprint density at radius 1 is 1.47 bits per heavy atom. The molecule has 1 aromatic rings. The number of aryl methyl sites for hydroxylation is 1. The SMILES string of the molecule is COC(=O)c1c(NC(=O)CCl)sc2c1CCC2. The number of carbonyl (C=O) groups excluding carboxylic acids is 2. The first-order valence-corrected chi connectivity index (χ1v) is 6.61. The lowest BCUT2D eigenvalue weighted by Crippen LogP contribution is -2.15. The van der Waals surface area contributed by atoms with Crippen molar-refractivity contribution in [1.82, 2.24) is 0 Å². The summed E-state index contributed by atoms with van der Waals surface area (Å²) in [6.45, 7) is 0. The molecule has 92 valence electrons. The van der Waals surface area contributed by atoms with Crippen LogP contribution >= 0.6 is 22.9 Å². The average Bonchev–Trinajstić information content (AvgIpc) is 2.87. The van der Waals surface area contributed by atoms with Crippen LogP contribution in [0.2, 0.25) is 0 Å². The smallest absolute Gasteiger partial charge is 0.341 e. The van der Waals surface area contributed by atoms with E-state index in [0.29, 0.717) is 10.6 Å². The van der Waals surface area contributed by atoms with Gasteiger partial charge < -0.3 is 10.1 Å². The van der Waals surface area contributed by atoms with E-state index in [1.54, 1.807) is 0 Å². The summed E-state index contributed by atoms with van der Waals surface area (Å²) < 4.78 is 4.76. The highest BCUT2D eigenvalue weighted by Crippen LogP contribution is 2.39. The highest BCUT2D eigenvalue weighted by molar-refractivity contribution is 7.17. The minimum Gasteiger partial charge on any atom is -0.465 e. The van der Waals surface area contributed by atoms with Crippen molar-refractivity contribution >= 4 is 39.8 Å². The number of ether oxygens (including phenoxy) is 1. The van der Waals surface area contributed by atoms with Gasteiger partial charge in [0, 0.05) is 4.88 Å². The number of anilines is 1. The summed E-state index contributed by atoms with van der Waals surface area (Å²) >= 11 is 6.88. The van der Waals surface area contributed by atoms with Crippen molar-refractivity contribution in [3.63, 3.8) is 0 Å². The summed E-state index contributed by atoms with van der Waals surface area (Å²) in [7, 11) is 1.34. The first-order chi connectivity index (χ1) is 8.17. The van der Waals surface area contributed by atoms with Crippen molar-refractivity contribution < 1.29 is 14.3 Å². The van der Waals surface area contributed by atoms with Crippen LogP contribution in [0.3, 0.4) is 0 Å². The van der Waals surface area contributed by atoms with Gasteiger partial charge in [0.05, 0.1) is 12.7 Å². The molecule has 1 aliphatic rings. The van der Waals surface area contributed by atoms with Gasteiger partial charge in [0.2, 0.25) is 5.91 Å². The van der Waals surface area contributed by atoms with Gasteiger partial charge in [-0.05, 0) is 24.8 Å².